The van der Waals surface area contributed by atoms with Gasteiger partial charge in [0.2, 0.25) is 5.91 Å². The first kappa shape index (κ1) is 16.5. The Bertz CT molecular complexity index is 484. The third kappa shape index (κ3) is 4.23. The number of nitrogens with two attached hydrogens (primary N) is 1. The first-order valence-electron chi connectivity index (χ1n) is 6.36. The summed E-state index contributed by atoms with van der Waals surface area (Å²) >= 11 is 0. The molecule has 0 unspecified atom stereocenters. The average molecular weight is 288 g/mol. The number of alkyl halides is 3. The first-order chi connectivity index (χ1) is 9.12. The van der Waals surface area contributed by atoms with Crippen molar-refractivity contribution in [2.45, 2.75) is 39.4 Å². The van der Waals surface area contributed by atoms with E-state index in [0.717, 1.165) is 6.07 Å². The SMILES string of the molecule is Cc1c(NC(=O)[C@@H](N)CC(C)C)cccc1C(F)(F)F. The first-order valence-corrected chi connectivity index (χ1v) is 6.36. The Morgan fingerprint density at radius 3 is 2.45 bits per heavy atom. The van der Waals surface area contributed by atoms with Gasteiger partial charge in [-0.15, -0.1) is 0 Å². The zero-order valence-corrected chi connectivity index (χ0v) is 11.7. The molecule has 1 amide bonds. The fourth-order valence-electron chi connectivity index (χ4n) is 1.92. The lowest BCUT2D eigenvalue weighted by atomic mass is 10.0. The molecule has 0 aliphatic carbocycles. The van der Waals surface area contributed by atoms with E-state index in [-0.39, 0.29) is 17.2 Å². The predicted octanol–water partition coefficient (Wildman–Crippen LogP) is 3.33. The van der Waals surface area contributed by atoms with Crippen molar-refractivity contribution >= 4 is 11.6 Å². The highest BCUT2D eigenvalue weighted by Crippen LogP contribution is 2.34. The summed E-state index contributed by atoms with van der Waals surface area (Å²) in [5.41, 5.74) is 5.08. The van der Waals surface area contributed by atoms with Crippen molar-refractivity contribution < 1.29 is 18.0 Å². The van der Waals surface area contributed by atoms with E-state index >= 15 is 0 Å². The van der Waals surface area contributed by atoms with Gasteiger partial charge in [-0.05, 0) is 37.0 Å². The van der Waals surface area contributed by atoms with Crippen molar-refractivity contribution in [1.29, 1.82) is 0 Å². The van der Waals surface area contributed by atoms with Gasteiger partial charge in [-0.2, -0.15) is 13.2 Å². The quantitative estimate of drug-likeness (QED) is 0.893. The van der Waals surface area contributed by atoms with Crippen molar-refractivity contribution in [2.24, 2.45) is 11.7 Å². The van der Waals surface area contributed by atoms with Gasteiger partial charge < -0.3 is 11.1 Å². The van der Waals surface area contributed by atoms with E-state index in [0.29, 0.717) is 6.42 Å². The van der Waals surface area contributed by atoms with Gasteiger partial charge in [-0.1, -0.05) is 19.9 Å². The van der Waals surface area contributed by atoms with E-state index < -0.39 is 23.7 Å². The van der Waals surface area contributed by atoms with Crippen LogP contribution in [0.1, 0.15) is 31.4 Å². The number of hydrogen-bond acceptors (Lipinski definition) is 2. The number of halogens is 3. The molecule has 0 saturated heterocycles. The molecule has 0 saturated carbocycles. The van der Waals surface area contributed by atoms with Crippen LogP contribution >= 0.6 is 0 Å². The summed E-state index contributed by atoms with van der Waals surface area (Å²) in [7, 11) is 0. The summed E-state index contributed by atoms with van der Waals surface area (Å²) in [6.45, 7) is 5.16. The molecule has 6 heteroatoms. The largest absolute Gasteiger partial charge is 0.416 e. The lowest BCUT2D eigenvalue weighted by molar-refractivity contribution is -0.138. The molecular weight excluding hydrogens is 269 g/mol. The summed E-state index contributed by atoms with van der Waals surface area (Å²) in [5, 5.41) is 2.46. The van der Waals surface area contributed by atoms with Crippen molar-refractivity contribution in [3.05, 3.63) is 29.3 Å². The highest BCUT2D eigenvalue weighted by molar-refractivity contribution is 5.95. The molecule has 0 heterocycles. The maximum Gasteiger partial charge on any atom is 0.416 e. The van der Waals surface area contributed by atoms with Gasteiger partial charge in [0.15, 0.2) is 0 Å². The lowest BCUT2D eigenvalue weighted by Crippen LogP contribution is -2.36. The Morgan fingerprint density at radius 1 is 1.35 bits per heavy atom. The van der Waals surface area contributed by atoms with E-state index in [2.05, 4.69) is 5.32 Å². The molecule has 1 atom stereocenters. The van der Waals surface area contributed by atoms with Crippen molar-refractivity contribution in [3.8, 4) is 0 Å². The molecule has 0 aromatic heterocycles. The fourth-order valence-corrected chi connectivity index (χ4v) is 1.92. The maximum absolute atomic E-state index is 12.8. The number of amides is 1. The molecule has 0 radical (unpaired) electrons. The van der Waals surface area contributed by atoms with E-state index in [9.17, 15) is 18.0 Å². The van der Waals surface area contributed by atoms with Crippen LogP contribution in [0.3, 0.4) is 0 Å². The second kappa shape index (κ2) is 6.26. The molecule has 112 valence electrons. The van der Waals surface area contributed by atoms with Gasteiger partial charge in [0.1, 0.15) is 0 Å². The van der Waals surface area contributed by atoms with Gasteiger partial charge in [0.05, 0.1) is 11.6 Å². The summed E-state index contributed by atoms with van der Waals surface area (Å²) in [6.07, 6.45) is -3.96. The van der Waals surface area contributed by atoms with Crippen LogP contribution in [0, 0.1) is 12.8 Å². The van der Waals surface area contributed by atoms with Gasteiger partial charge in [-0.3, -0.25) is 4.79 Å². The highest BCUT2D eigenvalue weighted by Gasteiger charge is 2.33. The zero-order valence-electron chi connectivity index (χ0n) is 11.7. The molecule has 1 aromatic rings. The minimum Gasteiger partial charge on any atom is -0.324 e. The Hall–Kier alpha value is -1.56. The second-order valence-corrected chi connectivity index (χ2v) is 5.20. The van der Waals surface area contributed by atoms with E-state index in [1.54, 1.807) is 0 Å². The summed E-state index contributed by atoms with van der Waals surface area (Å²) < 4.78 is 38.3. The molecule has 0 spiro atoms. The Balaban J connectivity index is 2.91. The molecule has 20 heavy (non-hydrogen) atoms. The minimum absolute atomic E-state index is 0.00917. The van der Waals surface area contributed by atoms with Gasteiger partial charge in [-0.25, -0.2) is 0 Å². The maximum atomic E-state index is 12.8. The Labute approximate surface area is 116 Å². The van der Waals surface area contributed by atoms with Gasteiger partial charge >= 0.3 is 6.18 Å². The molecule has 1 aromatic carbocycles. The van der Waals surface area contributed by atoms with Gasteiger partial charge in [0, 0.05) is 5.69 Å². The molecule has 0 aliphatic heterocycles. The zero-order chi connectivity index (χ0) is 15.5. The van der Waals surface area contributed by atoms with E-state index in [1.807, 2.05) is 13.8 Å². The van der Waals surface area contributed by atoms with Crippen LogP contribution in [0.4, 0.5) is 18.9 Å². The van der Waals surface area contributed by atoms with E-state index in [1.165, 1.54) is 19.1 Å². The second-order valence-electron chi connectivity index (χ2n) is 5.20. The summed E-state index contributed by atoms with van der Waals surface area (Å²) in [4.78, 5) is 11.8. The van der Waals surface area contributed by atoms with Gasteiger partial charge in [0.25, 0.3) is 0 Å². The number of benzene rings is 1. The van der Waals surface area contributed by atoms with Crippen LogP contribution in [0.25, 0.3) is 0 Å². The number of carbonyl (C=O) groups excluding carboxylic acids is 1. The number of rotatable bonds is 4. The number of carbonyl (C=O) groups is 1. The third-order valence-electron chi connectivity index (χ3n) is 2.96. The van der Waals surface area contributed by atoms with E-state index in [4.69, 9.17) is 5.73 Å². The lowest BCUT2D eigenvalue weighted by Gasteiger charge is -2.17. The van der Waals surface area contributed by atoms with Crippen LogP contribution in [0.2, 0.25) is 0 Å². The van der Waals surface area contributed by atoms with Crippen LogP contribution in [0.15, 0.2) is 18.2 Å². The molecular formula is C14H19F3N2O. The van der Waals surface area contributed by atoms with Crippen molar-refractivity contribution in [3.63, 3.8) is 0 Å². The van der Waals surface area contributed by atoms with Crippen LogP contribution < -0.4 is 11.1 Å². The standard InChI is InChI=1S/C14H19F3N2O/c1-8(2)7-11(18)13(20)19-12-6-4-5-10(9(12)3)14(15,16)17/h4-6,8,11H,7,18H2,1-3H3,(H,19,20)/t11-/m0/s1. The van der Waals surface area contributed by atoms with Crippen LogP contribution in [-0.4, -0.2) is 11.9 Å². The predicted molar refractivity (Wildman–Crippen MR) is 72.2 cm³/mol. The topological polar surface area (TPSA) is 55.1 Å². The number of anilines is 1. The van der Waals surface area contributed by atoms with Crippen LogP contribution in [-0.2, 0) is 11.0 Å². The summed E-state index contributed by atoms with van der Waals surface area (Å²) in [5.74, 6) is -0.237. The highest BCUT2D eigenvalue weighted by atomic mass is 19.4. The van der Waals surface area contributed by atoms with Crippen molar-refractivity contribution in [2.75, 3.05) is 5.32 Å². The molecule has 1 rings (SSSR count). The van der Waals surface area contributed by atoms with Crippen molar-refractivity contribution in [1.82, 2.24) is 0 Å². The Kier molecular flexibility index (Phi) is 5.16. The fraction of sp³-hybridized carbons (Fsp3) is 0.500. The normalized spacial score (nSPS) is 13.4. The van der Waals surface area contributed by atoms with Crippen LogP contribution in [0.5, 0.6) is 0 Å². The third-order valence-corrected chi connectivity index (χ3v) is 2.96. The molecule has 0 aliphatic rings. The minimum atomic E-state index is -4.44. The molecule has 3 N–H and O–H groups in total. The molecule has 0 bridgehead atoms. The Morgan fingerprint density at radius 2 is 1.95 bits per heavy atom. The molecule has 3 nitrogen and oxygen atoms in total. The summed E-state index contributed by atoms with van der Waals surface area (Å²) in [6, 6.07) is 2.95. The number of hydrogen-bond donors (Lipinski definition) is 2. The average Bonchev–Trinajstić information content (AvgIpc) is 2.29. The number of nitrogens with one attached hydrogen (secondary N) is 1. The monoisotopic (exact) mass is 288 g/mol. The molecule has 0 fully saturated rings. The smallest absolute Gasteiger partial charge is 0.324 e.